The minimum Gasteiger partial charge on any atom is -0.475 e. The van der Waals surface area contributed by atoms with Crippen LogP contribution in [0.25, 0.3) is 10.9 Å². The number of carbonyl (C=O) groups is 1. The normalized spacial score (nSPS) is 10.5. The molecule has 0 fully saturated rings. The topological polar surface area (TPSA) is 63.1 Å². The highest BCUT2D eigenvalue weighted by Gasteiger charge is 2.38. The molecule has 17 heavy (non-hydrogen) atoms. The third-order valence-electron chi connectivity index (χ3n) is 1.67. The van der Waals surface area contributed by atoms with Gasteiger partial charge in [0.05, 0.1) is 11.7 Å². The standard InChI is InChI=1S/C8H6N2.C2HF3O2/c1-2-4-8-7(3-1)5-6-9-10-8;3-2(4,5)1(6)7/h1-6H;(H,6,7). The first-order valence-corrected chi connectivity index (χ1v) is 4.38. The number of hydrogen-bond acceptors (Lipinski definition) is 3. The first-order valence-electron chi connectivity index (χ1n) is 4.38. The quantitative estimate of drug-likeness (QED) is 0.772. The van der Waals surface area contributed by atoms with Gasteiger partial charge in [0, 0.05) is 5.39 Å². The van der Waals surface area contributed by atoms with Crippen molar-refractivity contribution >= 4 is 16.9 Å². The second-order valence-electron chi connectivity index (χ2n) is 2.89. The maximum Gasteiger partial charge on any atom is 0.490 e. The average Bonchev–Trinajstić information content (AvgIpc) is 2.29. The van der Waals surface area contributed by atoms with Gasteiger partial charge in [-0.3, -0.25) is 0 Å². The lowest BCUT2D eigenvalue weighted by Gasteiger charge is -1.93. The molecule has 0 radical (unpaired) electrons. The van der Waals surface area contributed by atoms with Crippen molar-refractivity contribution in [2.75, 3.05) is 0 Å². The molecule has 0 aliphatic rings. The predicted octanol–water partition coefficient (Wildman–Crippen LogP) is 2.26. The van der Waals surface area contributed by atoms with E-state index in [2.05, 4.69) is 10.2 Å². The first-order chi connectivity index (χ1) is 7.91. The molecule has 0 aliphatic carbocycles. The van der Waals surface area contributed by atoms with Crippen molar-refractivity contribution in [3.8, 4) is 0 Å². The molecule has 1 aromatic carbocycles. The van der Waals surface area contributed by atoms with E-state index in [0.29, 0.717) is 0 Å². The Balaban J connectivity index is 0.000000185. The molecule has 90 valence electrons. The first kappa shape index (κ1) is 12.9. The summed E-state index contributed by atoms with van der Waals surface area (Å²) < 4.78 is 31.7. The van der Waals surface area contributed by atoms with Crippen LogP contribution < -0.4 is 0 Å². The minimum atomic E-state index is -5.08. The van der Waals surface area contributed by atoms with Crippen molar-refractivity contribution < 1.29 is 23.1 Å². The second kappa shape index (κ2) is 5.24. The average molecular weight is 244 g/mol. The van der Waals surface area contributed by atoms with Gasteiger partial charge in [-0.05, 0) is 12.1 Å². The highest BCUT2D eigenvalue weighted by molar-refractivity contribution is 5.77. The second-order valence-corrected chi connectivity index (χ2v) is 2.89. The van der Waals surface area contributed by atoms with Gasteiger partial charge in [-0.15, -0.1) is 0 Å². The van der Waals surface area contributed by atoms with Gasteiger partial charge in [0.15, 0.2) is 0 Å². The van der Waals surface area contributed by atoms with Crippen LogP contribution in [0.1, 0.15) is 0 Å². The van der Waals surface area contributed by atoms with Crippen molar-refractivity contribution in [2.45, 2.75) is 6.18 Å². The lowest BCUT2D eigenvalue weighted by molar-refractivity contribution is -0.192. The van der Waals surface area contributed by atoms with Gasteiger partial charge in [-0.25, -0.2) is 4.79 Å². The number of benzene rings is 1. The number of aliphatic carboxylic acids is 1. The number of hydrogen-bond donors (Lipinski definition) is 1. The molecular weight excluding hydrogens is 237 g/mol. The molecule has 0 aliphatic heterocycles. The maximum atomic E-state index is 10.6. The number of rotatable bonds is 0. The van der Waals surface area contributed by atoms with Gasteiger partial charge in [-0.2, -0.15) is 23.4 Å². The predicted molar refractivity (Wildman–Crippen MR) is 53.2 cm³/mol. The van der Waals surface area contributed by atoms with Crippen LogP contribution in [0.4, 0.5) is 13.2 Å². The van der Waals surface area contributed by atoms with E-state index < -0.39 is 12.1 Å². The van der Waals surface area contributed by atoms with Crippen LogP contribution in [0.2, 0.25) is 0 Å². The van der Waals surface area contributed by atoms with E-state index in [1.165, 1.54) is 0 Å². The molecular formula is C10H7F3N2O2. The molecule has 0 saturated heterocycles. The van der Waals surface area contributed by atoms with E-state index in [9.17, 15) is 13.2 Å². The van der Waals surface area contributed by atoms with Crippen LogP contribution in [-0.2, 0) is 4.79 Å². The molecule has 4 nitrogen and oxygen atoms in total. The fourth-order valence-corrected chi connectivity index (χ4v) is 0.929. The van der Waals surface area contributed by atoms with Crippen molar-refractivity contribution in [3.63, 3.8) is 0 Å². The lowest BCUT2D eigenvalue weighted by atomic mass is 10.2. The monoisotopic (exact) mass is 244 g/mol. The Hall–Kier alpha value is -2.18. The summed E-state index contributed by atoms with van der Waals surface area (Å²) >= 11 is 0. The van der Waals surface area contributed by atoms with Gasteiger partial charge in [-0.1, -0.05) is 18.2 Å². The van der Waals surface area contributed by atoms with Gasteiger partial charge in [0.2, 0.25) is 0 Å². The highest BCUT2D eigenvalue weighted by Crippen LogP contribution is 2.13. The molecule has 0 amide bonds. The summed E-state index contributed by atoms with van der Waals surface area (Å²) in [5.41, 5.74) is 0.949. The molecule has 0 spiro atoms. The van der Waals surface area contributed by atoms with E-state index in [0.717, 1.165) is 10.9 Å². The Kier molecular flexibility index (Phi) is 3.97. The fourth-order valence-electron chi connectivity index (χ4n) is 0.929. The number of alkyl halides is 3. The van der Waals surface area contributed by atoms with E-state index in [-0.39, 0.29) is 0 Å². The van der Waals surface area contributed by atoms with Crippen LogP contribution in [0, 0.1) is 0 Å². The number of aromatic nitrogens is 2. The van der Waals surface area contributed by atoms with Gasteiger partial charge in [0.25, 0.3) is 0 Å². The van der Waals surface area contributed by atoms with Crippen molar-refractivity contribution in [1.29, 1.82) is 0 Å². The largest absolute Gasteiger partial charge is 0.490 e. The lowest BCUT2D eigenvalue weighted by Crippen LogP contribution is -2.21. The molecule has 1 aromatic heterocycles. The summed E-state index contributed by atoms with van der Waals surface area (Å²) in [6.45, 7) is 0. The van der Waals surface area contributed by atoms with E-state index in [4.69, 9.17) is 9.90 Å². The van der Waals surface area contributed by atoms with Gasteiger partial charge < -0.3 is 5.11 Å². The van der Waals surface area contributed by atoms with Crippen LogP contribution in [0.3, 0.4) is 0 Å². The van der Waals surface area contributed by atoms with E-state index in [1.807, 2.05) is 30.3 Å². The van der Waals surface area contributed by atoms with Crippen LogP contribution >= 0.6 is 0 Å². The summed E-state index contributed by atoms with van der Waals surface area (Å²) in [6, 6.07) is 9.86. The number of halogens is 3. The molecule has 1 heterocycles. The van der Waals surface area contributed by atoms with Crippen LogP contribution in [0.15, 0.2) is 36.5 Å². The molecule has 0 atom stereocenters. The zero-order chi connectivity index (χ0) is 12.9. The molecule has 1 N–H and O–H groups in total. The number of carboxylic acid groups (broad SMARTS) is 1. The molecule has 0 bridgehead atoms. The molecule has 2 rings (SSSR count). The maximum absolute atomic E-state index is 10.6. The van der Waals surface area contributed by atoms with E-state index in [1.54, 1.807) is 6.20 Å². The number of fused-ring (bicyclic) bond motifs is 1. The Bertz CT molecular complexity index is 449. The minimum absolute atomic E-state index is 0.949. The Labute approximate surface area is 93.7 Å². The summed E-state index contributed by atoms with van der Waals surface area (Å²) in [5.74, 6) is -2.76. The molecule has 2 aromatic rings. The SMILES string of the molecule is O=C(O)C(F)(F)F.c1ccc2nnccc2c1. The highest BCUT2D eigenvalue weighted by atomic mass is 19.4. The van der Waals surface area contributed by atoms with Crippen molar-refractivity contribution in [2.24, 2.45) is 0 Å². The van der Waals surface area contributed by atoms with Crippen molar-refractivity contribution in [3.05, 3.63) is 36.5 Å². The van der Waals surface area contributed by atoms with Gasteiger partial charge >= 0.3 is 12.1 Å². The fraction of sp³-hybridized carbons (Fsp3) is 0.100. The summed E-state index contributed by atoms with van der Waals surface area (Å²) in [5, 5.41) is 16.0. The zero-order valence-corrected chi connectivity index (χ0v) is 8.35. The summed E-state index contributed by atoms with van der Waals surface area (Å²) in [4.78, 5) is 8.90. The molecule has 7 heteroatoms. The van der Waals surface area contributed by atoms with Crippen LogP contribution in [-0.4, -0.2) is 27.4 Å². The Morgan fingerprint density at radius 1 is 1.18 bits per heavy atom. The Morgan fingerprint density at radius 2 is 1.76 bits per heavy atom. The molecule has 0 saturated carbocycles. The number of carboxylic acids is 1. The number of nitrogens with zero attached hydrogens (tertiary/aromatic N) is 2. The third-order valence-corrected chi connectivity index (χ3v) is 1.67. The summed E-state index contributed by atoms with van der Waals surface area (Å²) in [6.07, 6.45) is -3.39. The van der Waals surface area contributed by atoms with Gasteiger partial charge in [0.1, 0.15) is 0 Å². The zero-order valence-electron chi connectivity index (χ0n) is 8.35. The Morgan fingerprint density at radius 3 is 2.29 bits per heavy atom. The van der Waals surface area contributed by atoms with Crippen molar-refractivity contribution in [1.82, 2.24) is 10.2 Å². The smallest absolute Gasteiger partial charge is 0.475 e. The molecule has 0 unspecified atom stereocenters. The third kappa shape index (κ3) is 4.06. The summed E-state index contributed by atoms with van der Waals surface area (Å²) in [7, 11) is 0. The van der Waals surface area contributed by atoms with Crippen LogP contribution in [0.5, 0.6) is 0 Å². The van der Waals surface area contributed by atoms with E-state index >= 15 is 0 Å².